The van der Waals surface area contributed by atoms with Crippen LogP contribution in [-0.4, -0.2) is 18.0 Å². The van der Waals surface area contributed by atoms with Gasteiger partial charge < -0.3 is 4.90 Å². The third kappa shape index (κ3) is 4.02. The van der Waals surface area contributed by atoms with E-state index in [9.17, 15) is 0 Å². The molecule has 0 aliphatic heterocycles. The average molecular weight is 166 g/mol. The Labute approximate surface area is 75.5 Å². The summed E-state index contributed by atoms with van der Waals surface area (Å²) in [5.41, 5.74) is 1.08. The molecule has 68 valence electrons. The number of rotatable bonds is 5. The van der Waals surface area contributed by atoms with E-state index in [1.54, 1.807) is 6.08 Å². The van der Waals surface area contributed by atoms with Gasteiger partial charge in [-0.2, -0.15) is 5.26 Å². The number of nitrogens with zero attached hydrogens (tertiary/aromatic N) is 2. The van der Waals surface area contributed by atoms with E-state index in [-0.39, 0.29) is 0 Å². The monoisotopic (exact) mass is 166 g/mol. The predicted octanol–water partition coefficient (Wildman–Crippen LogP) is 2.54. The maximum Gasteiger partial charge on any atom is 0.0930 e. The fourth-order valence-electron chi connectivity index (χ4n) is 1.19. The van der Waals surface area contributed by atoms with Gasteiger partial charge >= 0.3 is 0 Å². The summed E-state index contributed by atoms with van der Waals surface area (Å²) in [4.78, 5) is 2.25. The lowest BCUT2D eigenvalue weighted by atomic mass is 10.3. The van der Waals surface area contributed by atoms with Crippen LogP contribution in [0.2, 0.25) is 0 Å². The summed E-state index contributed by atoms with van der Waals surface area (Å²) in [7, 11) is 0. The summed E-state index contributed by atoms with van der Waals surface area (Å²) >= 11 is 0. The Kier molecular flexibility index (Phi) is 6.18. The molecule has 0 amide bonds. The first-order chi connectivity index (χ1) is 5.76. The van der Waals surface area contributed by atoms with Crippen LogP contribution in [-0.2, 0) is 0 Å². The number of hydrogen-bond acceptors (Lipinski definition) is 2. The highest BCUT2D eigenvalue weighted by molar-refractivity contribution is 5.10. The molecule has 0 saturated carbocycles. The summed E-state index contributed by atoms with van der Waals surface area (Å²) in [5.74, 6) is 0. The zero-order chi connectivity index (χ0) is 9.40. The van der Waals surface area contributed by atoms with Gasteiger partial charge in [-0.3, -0.25) is 0 Å². The quantitative estimate of drug-likeness (QED) is 0.587. The molecule has 0 spiro atoms. The Hall–Kier alpha value is -0.970. The maximum atomic E-state index is 8.47. The molecule has 2 heteroatoms. The molecule has 0 unspecified atom stereocenters. The molecule has 0 aliphatic rings. The van der Waals surface area contributed by atoms with Gasteiger partial charge in [-0.25, -0.2) is 0 Å². The maximum absolute atomic E-state index is 8.47. The summed E-state index contributed by atoms with van der Waals surface area (Å²) in [5, 5.41) is 8.47. The summed E-state index contributed by atoms with van der Waals surface area (Å²) < 4.78 is 0. The number of hydrogen-bond donors (Lipinski definition) is 0. The van der Waals surface area contributed by atoms with Crippen molar-refractivity contribution < 1.29 is 0 Å². The van der Waals surface area contributed by atoms with Crippen LogP contribution >= 0.6 is 0 Å². The van der Waals surface area contributed by atoms with Crippen molar-refractivity contribution >= 4 is 0 Å². The van der Waals surface area contributed by atoms with Crippen molar-refractivity contribution in [2.75, 3.05) is 13.1 Å². The van der Waals surface area contributed by atoms with Crippen molar-refractivity contribution in [1.82, 2.24) is 4.90 Å². The Morgan fingerprint density at radius 2 is 1.83 bits per heavy atom. The second-order valence-corrected chi connectivity index (χ2v) is 2.90. The van der Waals surface area contributed by atoms with Crippen molar-refractivity contribution in [2.45, 2.75) is 33.6 Å². The van der Waals surface area contributed by atoms with Crippen molar-refractivity contribution in [3.8, 4) is 6.07 Å². The first kappa shape index (κ1) is 11.0. The normalized spacial score (nSPS) is 11.0. The fraction of sp³-hybridized carbons (Fsp3) is 0.700. The highest BCUT2D eigenvalue weighted by atomic mass is 15.1. The first-order valence-electron chi connectivity index (χ1n) is 4.57. The molecule has 0 radical (unpaired) electrons. The molecule has 0 N–H and O–H groups in total. The molecule has 0 aromatic rings. The van der Waals surface area contributed by atoms with Gasteiger partial charge in [0.15, 0.2) is 0 Å². The van der Waals surface area contributed by atoms with Gasteiger partial charge in [0.25, 0.3) is 0 Å². The van der Waals surface area contributed by atoms with Gasteiger partial charge in [0.2, 0.25) is 0 Å². The molecule has 12 heavy (non-hydrogen) atoms. The fourth-order valence-corrected chi connectivity index (χ4v) is 1.19. The van der Waals surface area contributed by atoms with Crippen LogP contribution in [0.3, 0.4) is 0 Å². The predicted molar refractivity (Wildman–Crippen MR) is 51.5 cm³/mol. The van der Waals surface area contributed by atoms with E-state index in [0.29, 0.717) is 0 Å². The van der Waals surface area contributed by atoms with Crippen LogP contribution in [0.1, 0.15) is 33.6 Å². The molecule has 0 rings (SSSR count). The Morgan fingerprint density at radius 3 is 2.17 bits per heavy atom. The third-order valence-corrected chi connectivity index (χ3v) is 1.76. The van der Waals surface area contributed by atoms with Crippen molar-refractivity contribution in [2.24, 2.45) is 0 Å². The van der Waals surface area contributed by atoms with Crippen LogP contribution in [0, 0.1) is 11.3 Å². The molecule has 2 nitrogen and oxygen atoms in total. The SMILES string of the molecule is CCCN(CCC)C(C)=CC#N. The first-order valence-corrected chi connectivity index (χ1v) is 4.57. The van der Waals surface area contributed by atoms with E-state index in [0.717, 1.165) is 31.6 Å². The molecular formula is C10H18N2. The van der Waals surface area contributed by atoms with Crippen molar-refractivity contribution in [3.05, 3.63) is 11.8 Å². The summed E-state index contributed by atoms with van der Waals surface area (Å²) in [6, 6.07) is 2.06. The van der Waals surface area contributed by atoms with Crippen LogP contribution < -0.4 is 0 Å². The molecule has 0 saturated heterocycles. The van der Waals surface area contributed by atoms with Gasteiger partial charge in [0.1, 0.15) is 0 Å². The molecule has 0 fully saturated rings. The summed E-state index contributed by atoms with van der Waals surface area (Å²) in [6.07, 6.45) is 3.89. The van der Waals surface area contributed by atoms with Crippen LogP contribution in [0.15, 0.2) is 11.8 Å². The van der Waals surface area contributed by atoms with E-state index in [1.807, 2.05) is 6.92 Å². The van der Waals surface area contributed by atoms with Gasteiger partial charge in [0, 0.05) is 24.9 Å². The van der Waals surface area contributed by atoms with E-state index in [2.05, 4.69) is 24.8 Å². The standard InChI is InChI=1S/C10H18N2/c1-4-8-12(9-5-2)10(3)6-7-11/h6H,4-5,8-9H2,1-3H3. The molecule has 0 aromatic carbocycles. The lowest BCUT2D eigenvalue weighted by molar-refractivity contribution is 0.345. The molecule has 0 atom stereocenters. The minimum absolute atomic E-state index is 1.05. The van der Waals surface area contributed by atoms with Gasteiger partial charge in [-0.05, 0) is 19.8 Å². The van der Waals surface area contributed by atoms with Crippen LogP contribution in [0.25, 0.3) is 0 Å². The van der Waals surface area contributed by atoms with Crippen molar-refractivity contribution in [1.29, 1.82) is 5.26 Å². The van der Waals surface area contributed by atoms with E-state index in [4.69, 9.17) is 5.26 Å². The highest BCUT2D eigenvalue weighted by Gasteiger charge is 2.01. The lowest BCUT2D eigenvalue weighted by Crippen LogP contribution is -2.23. The highest BCUT2D eigenvalue weighted by Crippen LogP contribution is 2.04. The van der Waals surface area contributed by atoms with E-state index < -0.39 is 0 Å². The van der Waals surface area contributed by atoms with Crippen LogP contribution in [0.4, 0.5) is 0 Å². The molecule has 0 aromatic heterocycles. The molecule has 0 bridgehead atoms. The largest absolute Gasteiger partial charge is 0.374 e. The van der Waals surface area contributed by atoms with Gasteiger partial charge in [-0.1, -0.05) is 13.8 Å². The molecule has 0 heterocycles. The van der Waals surface area contributed by atoms with E-state index >= 15 is 0 Å². The minimum atomic E-state index is 1.05. The Morgan fingerprint density at radius 1 is 1.33 bits per heavy atom. The Balaban J connectivity index is 4.10. The Bertz CT molecular complexity index is 171. The van der Waals surface area contributed by atoms with Gasteiger partial charge in [-0.15, -0.1) is 0 Å². The van der Waals surface area contributed by atoms with Crippen LogP contribution in [0.5, 0.6) is 0 Å². The summed E-state index contributed by atoms with van der Waals surface area (Å²) in [6.45, 7) is 8.41. The smallest absolute Gasteiger partial charge is 0.0930 e. The zero-order valence-corrected chi connectivity index (χ0v) is 8.30. The third-order valence-electron chi connectivity index (χ3n) is 1.76. The van der Waals surface area contributed by atoms with Crippen molar-refractivity contribution in [3.63, 3.8) is 0 Å². The topological polar surface area (TPSA) is 27.0 Å². The lowest BCUT2D eigenvalue weighted by Gasteiger charge is -2.23. The van der Waals surface area contributed by atoms with E-state index in [1.165, 1.54) is 0 Å². The number of nitriles is 1. The molecule has 0 aliphatic carbocycles. The minimum Gasteiger partial charge on any atom is -0.374 e. The average Bonchev–Trinajstić information content (AvgIpc) is 2.04. The number of allylic oxidation sites excluding steroid dienone is 2. The molecular weight excluding hydrogens is 148 g/mol. The second-order valence-electron chi connectivity index (χ2n) is 2.90. The zero-order valence-electron chi connectivity index (χ0n) is 8.30. The second kappa shape index (κ2) is 6.72. The van der Waals surface area contributed by atoms with Gasteiger partial charge in [0.05, 0.1) is 6.07 Å².